The number of esters is 1. The fraction of sp³-hybridized carbons (Fsp3) is 0.304. The smallest absolute Gasteiger partial charge is 0.333 e. The fourth-order valence-electron chi connectivity index (χ4n) is 2.95. The van der Waals surface area contributed by atoms with Gasteiger partial charge in [-0.25, -0.2) is 4.79 Å². The van der Waals surface area contributed by atoms with Gasteiger partial charge in [-0.05, 0) is 62.9 Å². The maximum atomic E-state index is 12.4. The highest BCUT2D eigenvalue weighted by Gasteiger charge is 2.12. The molecule has 1 heterocycles. The van der Waals surface area contributed by atoms with Crippen molar-refractivity contribution < 1.29 is 14.3 Å². The average molecular weight is 406 g/mol. The zero-order valence-electron chi connectivity index (χ0n) is 17.4. The van der Waals surface area contributed by atoms with Crippen molar-refractivity contribution in [2.24, 2.45) is 0 Å². The number of rotatable bonds is 9. The Labute approximate surface area is 175 Å². The first-order chi connectivity index (χ1) is 14.4. The van der Waals surface area contributed by atoms with E-state index in [-0.39, 0.29) is 11.9 Å². The van der Waals surface area contributed by atoms with Gasteiger partial charge in [0.2, 0.25) is 5.91 Å². The van der Waals surface area contributed by atoms with Gasteiger partial charge in [0.1, 0.15) is 16.7 Å². The number of anilines is 1. The van der Waals surface area contributed by atoms with E-state index in [4.69, 9.17) is 4.74 Å². The number of unbranched alkanes of at least 4 members (excludes halogenated alkanes) is 2. The van der Waals surface area contributed by atoms with Crippen molar-refractivity contribution in [2.45, 2.75) is 39.5 Å². The van der Waals surface area contributed by atoms with Gasteiger partial charge < -0.3 is 10.1 Å². The molecule has 0 spiro atoms. The predicted molar refractivity (Wildman–Crippen MR) is 116 cm³/mol. The summed E-state index contributed by atoms with van der Waals surface area (Å²) in [7, 11) is 0. The second-order valence-electron chi connectivity index (χ2n) is 7.27. The summed E-state index contributed by atoms with van der Waals surface area (Å²) in [6.07, 6.45) is 2.60. The number of carbonyl (C=O) groups excluding carboxylic acids is 2. The molecule has 0 bridgehead atoms. The van der Waals surface area contributed by atoms with Gasteiger partial charge in [-0.3, -0.25) is 4.79 Å². The third-order valence-electron chi connectivity index (χ3n) is 4.56. The molecule has 7 nitrogen and oxygen atoms in total. The molecule has 0 atom stereocenters. The van der Waals surface area contributed by atoms with Gasteiger partial charge in [-0.2, -0.15) is 0 Å². The highest BCUT2D eigenvalue weighted by atomic mass is 16.5. The normalized spacial score (nSPS) is 10.7. The van der Waals surface area contributed by atoms with Gasteiger partial charge in [0.25, 0.3) is 0 Å². The first kappa shape index (κ1) is 21.2. The Morgan fingerprint density at radius 2 is 1.77 bits per heavy atom. The van der Waals surface area contributed by atoms with Gasteiger partial charge in [-0.1, -0.05) is 24.8 Å². The van der Waals surface area contributed by atoms with Crippen LogP contribution in [0.15, 0.2) is 54.6 Å². The number of carbonyl (C=O) groups is 2. The second kappa shape index (κ2) is 9.82. The molecule has 0 radical (unpaired) electrons. The van der Waals surface area contributed by atoms with Gasteiger partial charge >= 0.3 is 5.97 Å². The lowest BCUT2D eigenvalue weighted by Gasteiger charge is -2.11. The lowest BCUT2D eigenvalue weighted by molar-refractivity contribution is -0.139. The Hall–Kier alpha value is -3.48. The quantitative estimate of drug-likeness (QED) is 0.324. The molecular formula is C23H26N4O3. The minimum Gasteiger partial charge on any atom is -0.462 e. The van der Waals surface area contributed by atoms with Crippen LogP contribution in [-0.2, 0) is 14.3 Å². The molecule has 0 aliphatic heterocycles. The molecule has 1 amide bonds. The lowest BCUT2D eigenvalue weighted by Crippen LogP contribution is -2.14. The van der Waals surface area contributed by atoms with Crippen molar-refractivity contribution in [1.29, 1.82) is 0 Å². The number of fused-ring (bicyclic) bond motifs is 1. The van der Waals surface area contributed by atoms with Crippen LogP contribution in [0.4, 0.5) is 5.69 Å². The summed E-state index contributed by atoms with van der Waals surface area (Å²) in [6.45, 7) is 7.49. The maximum absolute atomic E-state index is 12.4. The largest absolute Gasteiger partial charge is 0.462 e. The summed E-state index contributed by atoms with van der Waals surface area (Å²) < 4.78 is 5.05. The van der Waals surface area contributed by atoms with E-state index in [2.05, 4.69) is 22.1 Å². The number of ether oxygens (including phenoxy) is 1. The number of amides is 1. The average Bonchev–Trinajstić information content (AvgIpc) is 3.15. The third-order valence-corrected chi connectivity index (χ3v) is 4.56. The minimum absolute atomic E-state index is 0.0734. The van der Waals surface area contributed by atoms with Crippen LogP contribution in [0.3, 0.4) is 0 Å². The molecule has 0 aliphatic rings. The topological polar surface area (TPSA) is 86.1 Å². The molecule has 0 saturated heterocycles. The van der Waals surface area contributed by atoms with Crippen molar-refractivity contribution >= 4 is 28.6 Å². The first-order valence-corrected chi connectivity index (χ1v) is 9.99. The SMILES string of the molecule is C=C(C)C(=O)OCCCCCC(=O)Nc1ccc(C)cc1-n1nc2ccccc2n1. The van der Waals surface area contributed by atoms with Crippen molar-refractivity contribution in [3.05, 3.63) is 60.2 Å². The van der Waals surface area contributed by atoms with E-state index in [0.717, 1.165) is 28.7 Å². The molecule has 0 saturated carbocycles. The van der Waals surface area contributed by atoms with Crippen LogP contribution in [0.1, 0.15) is 38.2 Å². The number of aryl methyl sites for hydroxylation is 1. The summed E-state index contributed by atoms with van der Waals surface area (Å²) in [4.78, 5) is 25.3. The molecule has 2 aromatic carbocycles. The number of hydrogen-bond acceptors (Lipinski definition) is 5. The molecular weight excluding hydrogens is 380 g/mol. The molecule has 30 heavy (non-hydrogen) atoms. The number of benzene rings is 2. The molecule has 156 valence electrons. The van der Waals surface area contributed by atoms with E-state index in [1.165, 1.54) is 0 Å². The van der Waals surface area contributed by atoms with Gasteiger partial charge in [0, 0.05) is 12.0 Å². The molecule has 3 rings (SSSR count). The highest BCUT2D eigenvalue weighted by Crippen LogP contribution is 2.22. The summed E-state index contributed by atoms with van der Waals surface area (Å²) in [5.41, 5.74) is 4.43. The summed E-state index contributed by atoms with van der Waals surface area (Å²) in [6, 6.07) is 13.4. The molecule has 0 unspecified atom stereocenters. The number of nitrogens with one attached hydrogen (secondary N) is 1. The number of hydrogen-bond donors (Lipinski definition) is 1. The zero-order chi connectivity index (χ0) is 21.5. The Kier molecular flexibility index (Phi) is 6.95. The first-order valence-electron chi connectivity index (χ1n) is 9.99. The summed E-state index contributed by atoms with van der Waals surface area (Å²) in [5, 5.41) is 12.0. The van der Waals surface area contributed by atoms with E-state index in [1.807, 2.05) is 49.4 Å². The molecule has 0 fully saturated rings. The van der Waals surface area contributed by atoms with Crippen molar-refractivity contribution in [2.75, 3.05) is 11.9 Å². The van der Waals surface area contributed by atoms with Crippen molar-refractivity contribution in [3.63, 3.8) is 0 Å². The highest BCUT2D eigenvalue weighted by molar-refractivity contribution is 5.93. The second-order valence-corrected chi connectivity index (χ2v) is 7.27. The Balaban J connectivity index is 1.57. The van der Waals surface area contributed by atoms with Crippen LogP contribution in [0.25, 0.3) is 16.7 Å². The van der Waals surface area contributed by atoms with Crippen LogP contribution in [0.5, 0.6) is 0 Å². The van der Waals surface area contributed by atoms with Crippen LogP contribution in [-0.4, -0.2) is 33.5 Å². The lowest BCUT2D eigenvalue weighted by atomic mass is 10.1. The fourth-order valence-corrected chi connectivity index (χ4v) is 2.95. The molecule has 1 N–H and O–H groups in total. The van der Waals surface area contributed by atoms with Gasteiger partial charge in [0.15, 0.2) is 0 Å². The number of nitrogens with zero attached hydrogens (tertiary/aromatic N) is 3. The monoisotopic (exact) mass is 406 g/mol. The van der Waals surface area contributed by atoms with Crippen molar-refractivity contribution in [1.82, 2.24) is 15.0 Å². The van der Waals surface area contributed by atoms with E-state index >= 15 is 0 Å². The molecule has 3 aromatic rings. The minimum atomic E-state index is -0.375. The van der Waals surface area contributed by atoms with Crippen molar-refractivity contribution in [3.8, 4) is 5.69 Å². The van der Waals surface area contributed by atoms with E-state index in [9.17, 15) is 9.59 Å². The molecule has 7 heteroatoms. The predicted octanol–water partition coefficient (Wildman–Crippen LogP) is 4.35. The Morgan fingerprint density at radius 3 is 2.43 bits per heavy atom. The standard InChI is InChI=1S/C23H26N4O3/c1-16(2)23(29)30-14-8-4-5-11-22(28)24-20-13-12-17(3)15-21(20)27-25-18-9-6-7-10-19(18)26-27/h6-7,9-10,12-13,15H,1,4-5,8,11,14H2,2-3H3,(H,24,28). The van der Waals surface area contributed by atoms with Crippen LogP contribution in [0.2, 0.25) is 0 Å². The van der Waals surface area contributed by atoms with Gasteiger partial charge in [0.05, 0.1) is 12.3 Å². The van der Waals surface area contributed by atoms with Crippen LogP contribution < -0.4 is 5.32 Å². The van der Waals surface area contributed by atoms with E-state index in [1.54, 1.807) is 11.7 Å². The third kappa shape index (κ3) is 5.53. The van der Waals surface area contributed by atoms with Gasteiger partial charge in [-0.15, -0.1) is 15.0 Å². The van der Waals surface area contributed by atoms with Crippen LogP contribution >= 0.6 is 0 Å². The summed E-state index contributed by atoms with van der Waals surface area (Å²) >= 11 is 0. The summed E-state index contributed by atoms with van der Waals surface area (Å²) in [5.74, 6) is -0.449. The van der Waals surface area contributed by atoms with E-state index < -0.39 is 0 Å². The van der Waals surface area contributed by atoms with E-state index in [0.29, 0.717) is 37.1 Å². The Bertz CT molecular complexity index is 1040. The Morgan fingerprint density at radius 1 is 1.07 bits per heavy atom. The zero-order valence-corrected chi connectivity index (χ0v) is 17.4. The number of aromatic nitrogens is 3. The maximum Gasteiger partial charge on any atom is 0.333 e. The molecule has 1 aromatic heterocycles. The molecule has 0 aliphatic carbocycles. The van der Waals surface area contributed by atoms with Crippen LogP contribution in [0, 0.1) is 6.92 Å².